The van der Waals surface area contributed by atoms with Gasteiger partial charge in [0.1, 0.15) is 24.4 Å². The molecule has 0 aromatic heterocycles. The molecule has 490 valence electrons. The average molecular weight is 1180 g/mol. The summed E-state index contributed by atoms with van der Waals surface area (Å²) < 4.78 is 11.4. The fourth-order valence-electron chi connectivity index (χ4n) is 11.5. The first-order valence-electron chi connectivity index (χ1n) is 36.1. The highest BCUT2D eigenvalue weighted by atomic mass is 16.7. The van der Waals surface area contributed by atoms with E-state index in [4.69, 9.17) is 9.47 Å². The van der Waals surface area contributed by atoms with Gasteiger partial charge in [-0.2, -0.15) is 0 Å². The average Bonchev–Trinajstić information content (AvgIpc) is 3.70. The van der Waals surface area contributed by atoms with Crippen molar-refractivity contribution in [3.63, 3.8) is 0 Å². The van der Waals surface area contributed by atoms with Crippen molar-refractivity contribution in [2.45, 2.75) is 384 Å². The molecule has 1 amide bonds. The molecule has 9 heteroatoms. The monoisotopic (exact) mass is 1180 g/mol. The van der Waals surface area contributed by atoms with E-state index >= 15 is 0 Å². The molecule has 0 radical (unpaired) electrons. The molecule has 7 atom stereocenters. The minimum Gasteiger partial charge on any atom is -0.394 e. The summed E-state index contributed by atoms with van der Waals surface area (Å²) in [7, 11) is 0. The molecule has 7 unspecified atom stereocenters. The Balaban J connectivity index is 2.11. The van der Waals surface area contributed by atoms with Crippen LogP contribution in [0.4, 0.5) is 0 Å². The SMILES string of the molecule is CC/C=C\C/C=C\C/C=C\C/C=C\C/C=C\C/C=C\CCCCCCCCCCCCCCC(=O)NC(COC1OC(CO)C(O)C(O)C1O)C(O)CCCCCCCCCCCCCCCCCCCCCCCCCCCCCCCC. The van der Waals surface area contributed by atoms with Gasteiger partial charge in [0, 0.05) is 6.42 Å². The van der Waals surface area contributed by atoms with Gasteiger partial charge in [0.25, 0.3) is 0 Å². The highest BCUT2D eigenvalue weighted by Crippen LogP contribution is 2.24. The maximum Gasteiger partial charge on any atom is 0.220 e. The van der Waals surface area contributed by atoms with Gasteiger partial charge < -0.3 is 40.3 Å². The van der Waals surface area contributed by atoms with Crippen LogP contribution in [0.3, 0.4) is 0 Å². The lowest BCUT2D eigenvalue weighted by molar-refractivity contribution is -0.302. The smallest absolute Gasteiger partial charge is 0.220 e. The molecule has 1 fully saturated rings. The number of rotatable bonds is 63. The first-order chi connectivity index (χ1) is 41.3. The number of aliphatic hydroxyl groups excluding tert-OH is 5. The summed E-state index contributed by atoms with van der Waals surface area (Å²) in [5, 5.41) is 55.0. The number of allylic oxidation sites excluding steroid dienone is 12. The van der Waals surface area contributed by atoms with Gasteiger partial charge in [-0.05, 0) is 64.2 Å². The number of amides is 1. The molecular formula is C75H137NO8. The van der Waals surface area contributed by atoms with Crippen LogP contribution in [-0.2, 0) is 14.3 Å². The Morgan fingerprint density at radius 2 is 0.738 bits per heavy atom. The summed E-state index contributed by atoms with van der Waals surface area (Å²) in [5.74, 6) is -0.144. The molecule has 0 aromatic rings. The standard InChI is InChI=1S/C75H137NO8/c1-3-5-7-9-11-13-15-17-19-21-23-25-27-29-31-33-35-37-39-41-43-45-47-49-51-53-55-57-59-61-63-65-71(79)76-68(67-83-75-74(82)73(81)72(80)70(66-77)84-75)69(78)64-62-60-58-56-54-52-50-48-46-44-42-40-38-36-34-32-30-28-26-24-22-20-18-16-14-12-10-8-6-4-2/h5,7,11,13,17,19,23,25,29,31,35,37,68-70,72-75,77-78,80-82H,3-4,6,8-10,12,14-16,18,20-22,24,26-28,30,32-34,36,38-67H2,1-2H3,(H,76,79)/b7-5-,13-11-,19-17-,25-23-,31-29-,37-35-. The molecular weight excluding hydrogens is 1040 g/mol. The maximum atomic E-state index is 13.2. The number of carbonyl (C=O) groups is 1. The number of carbonyl (C=O) groups excluding carboxylic acids is 1. The quantitative estimate of drug-likeness (QED) is 0.0261. The predicted molar refractivity (Wildman–Crippen MR) is 359 cm³/mol. The zero-order chi connectivity index (χ0) is 60.7. The summed E-state index contributed by atoms with van der Waals surface area (Å²) in [4.78, 5) is 13.2. The van der Waals surface area contributed by atoms with Crippen molar-refractivity contribution >= 4 is 5.91 Å². The first kappa shape index (κ1) is 79.6. The van der Waals surface area contributed by atoms with Gasteiger partial charge >= 0.3 is 0 Å². The zero-order valence-electron chi connectivity index (χ0n) is 54.9. The highest BCUT2D eigenvalue weighted by molar-refractivity contribution is 5.76. The lowest BCUT2D eigenvalue weighted by Gasteiger charge is -2.40. The molecule has 0 aliphatic carbocycles. The van der Waals surface area contributed by atoms with Crippen LogP contribution in [-0.4, -0.2) is 87.5 Å². The Hall–Kier alpha value is -2.37. The molecule has 9 nitrogen and oxygen atoms in total. The van der Waals surface area contributed by atoms with E-state index in [2.05, 4.69) is 92.1 Å². The lowest BCUT2D eigenvalue weighted by atomic mass is 9.99. The van der Waals surface area contributed by atoms with Crippen LogP contribution in [0.5, 0.6) is 0 Å². The van der Waals surface area contributed by atoms with E-state index in [9.17, 15) is 30.3 Å². The topological polar surface area (TPSA) is 149 Å². The Morgan fingerprint density at radius 1 is 0.417 bits per heavy atom. The highest BCUT2D eigenvalue weighted by Gasteiger charge is 2.44. The van der Waals surface area contributed by atoms with Crippen LogP contribution < -0.4 is 5.32 Å². The number of unbranched alkanes of at least 4 members (excludes halogenated alkanes) is 41. The van der Waals surface area contributed by atoms with Gasteiger partial charge in [0.05, 0.1) is 25.4 Å². The van der Waals surface area contributed by atoms with Crippen molar-refractivity contribution in [3.8, 4) is 0 Å². The van der Waals surface area contributed by atoms with Crippen LogP contribution in [0.2, 0.25) is 0 Å². The molecule has 6 N–H and O–H groups in total. The maximum absolute atomic E-state index is 13.2. The lowest BCUT2D eigenvalue weighted by Crippen LogP contribution is -2.60. The molecule has 0 saturated carbocycles. The largest absolute Gasteiger partial charge is 0.394 e. The summed E-state index contributed by atoms with van der Waals surface area (Å²) in [5.41, 5.74) is 0. The van der Waals surface area contributed by atoms with Crippen molar-refractivity contribution in [2.75, 3.05) is 13.2 Å². The second kappa shape index (κ2) is 63.6. The molecule has 1 aliphatic rings. The third-order valence-electron chi connectivity index (χ3n) is 17.1. The van der Waals surface area contributed by atoms with Crippen molar-refractivity contribution in [2.24, 2.45) is 0 Å². The minimum absolute atomic E-state index is 0.139. The fraction of sp³-hybridized carbons (Fsp3) is 0.827. The van der Waals surface area contributed by atoms with Gasteiger partial charge in [-0.15, -0.1) is 0 Å². The molecule has 1 heterocycles. The normalized spacial score (nSPS) is 18.6. The molecule has 0 bridgehead atoms. The van der Waals surface area contributed by atoms with E-state index in [0.717, 1.165) is 77.0 Å². The van der Waals surface area contributed by atoms with Crippen molar-refractivity contribution in [3.05, 3.63) is 72.9 Å². The van der Waals surface area contributed by atoms with E-state index in [0.29, 0.717) is 12.8 Å². The summed E-state index contributed by atoms with van der Waals surface area (Å²) in [6, 6.07) is -0.726. The van der Waals surface area contributed by atoms with Gasteiger partial charge in [-0.1, -0.05) is 344 Å². The molecule has 1 saturated heterocycles. The van der Waals surface area contributed by atoms with Gasteiger partial charge in [0.2, 0.25) is 5.91 Å². The van der Waals surface area contributed by atoms with E-state index in [1.54, 1.807) is 0 Å². The summed E-state index contributed by atoms with van der Waals surface area (Å²) >= 11 is 0. The van der Waals surface area contributed by atoms with Gasteiger partial charge in [-0.3, -0.25) is 4.79 Å². The van der Waals surface area contributed by atoms with Crippen LogP contribution in [0, 0.1) is 0 Å². The van der Waals surface area contributed by atoms with Gasteiger partial charge in [-0.25, -0.2) is 0 Å². The third-order valence-corrected chi connectivity index (χ3v) is 17.1. The third kappa shape index (κ3) is 51.7. The summed E-state index contributed by atoms with van der Waals surface area (Å²) in [6.07, 6.45) is 82.6. The van der Waals surface area contributed by atoms with E-state index in [1.165, 1.54) is 238 Å². The molecule has 1 aliphatic heterocycles. The van der Waals surface area contributed by atoms with Crippen LogP contribution in [0.25, 0.3) is 0 Å². The van der Waals surface area contributed by atoms with Crippen molar-refractivity contribution < 1.29 is 39.8 Å². The Kier molecular flexibility index (Phi) is 60.3. The molecule has 0 spiro atoms. The Morgan fingerprint density at radius 3 is 1.10 bits per heavy atom. The van der Waals surface area contributed by atoms with Crippen molar-refractivity contribution in [1.82, 2.24) is 5.32 Å². The van der Waals surface area contributed by atoms with E-state index in [-0.39, 0.29) is 12.5 Å². The number of ether oxygens (including phenoxy) is 2. The van der Waals surface area contributed by atoms with E-state index < -0.39 is 49.5 Å². The van der Waals surface area contributed by atoms with Crippen LogP contribution >= 0.6 is 0 Å². The van der Waals surface area contributed by atoms with E-state index in [1.807, 2.05) is 0 Å². The van der Waals surface area contributed by atoms with Crippen molar-refractivity contribution in [1.29, 1.82) is 0 Å². The predicted octanol–water partition coefficient (Wildman–Crippen LogP) is 19.9. The Labute approximate surface area is 519 Å². The molecule has 84 heavy (non-hydrogen) atoms. The number of nitrogens with one attached hydrogen (secondary N) is 1. The fourth-order valence-corrected chi connectivity index (χ4v) is 11.5. The number of hydrogen-bond acceptors (Lipinski definition) is 8. The zero-order valence-corrected chi connectivity index (χ0v) is 54.9. The van der Waals surface area contributed by atoms with Gasteiger partial charge in [0.15, 0.2) is 6.29 Å². The summed E-state index contributed by atoms with van der Waals surface area (Å²) in [6.45, 7) is 3.77. The second-order valence-electron chi connectivity index (χ2n) is 25.0. The minimum atomic E-state index is -1.56. The molecule has 1 rings (SSSR count). The van der Waals surface area contributed by atoms with Crippen LogP contribution in [0.15, 0.2) is 72.9 Å². The first-order valence-corrected chi connectivity index (χ1v) is 36.1. The van der Waals surface area contributed by atoms with Crippen LogP contribution in [0.1, 0.15) is 341 Å². The Bertz CT molecular complexity index is 1560. The number of hydrogen-bond donors (Lipinski definition) is 6. The number of aliphatic hydroxyl groups is 5. The second-order valence-corrected chi connectivity index (χ2v) is 25.0. The molecule has 0 aromatic carbocycles.